The Morgan fingerprint density at radius 1 is 1.50 bits per heavy atom. The van der Waals surface area contributed by atoms with Crippen LogP contribution in [0.2, 0.25) is 0 Å². The van der Waals surface area contributed by atoms with Crippen molar-refractivity contribution in [2.24, 2.45) is 11.7 Å². The van der Waals surface area contributed by atoms with Crippen molar-refractivity contribution in [1.29, 1.82) is 0 Å². The van der Waals surface area contributed by atoms with Crippen LogP contribution in [0.4, 0.5) is 0 Å². The van der Waals surface area contributed by atoms with E-state index in [1.165, 1.54) is 0 Å². The van der Waals surface area contributed by atoms with E-state index in [4.69, 9.17) is 15.2 Å². The minimum Gasteiger partial charge on any atom is -0.381 e. The van der Waals surface area contributed by atoms with Gasteiger partial charge >= 0.3 is 0 Å². The molecule has 1 aliphatic rings. The van der Waals surface area contributed by atoms with Gasteiger partial charge in [-0.05, 0) is 25.7 Å². The van der Waals surface area contributed by atoms with E-state index in [9.17, 15) is 0 Å². The summed E-state index contributed by atoms with van der Waals surface area (Å²) in [5.74, 6) is 0.688. The molecule has 0 aliphatic carbocycles. The quantitative estimate of drug-likeness (QED) is 0.683. The Bertz CT molecular complexity index is 113. The maximum Gasteiger partial charge on any atom is 0.0669 e. The minimum atomic E-state index is 0.202. The maximum absolute atomic E-state index is 5.55. The van der Waals surface area contributed by atoms with E-state index < -0.39 is 0 Å². The Morgan fingerprint density at radius 2 is 2.17 bits per heavy atom. The number of ether oxygens (including phenoxy) is 2. The molecule has 1 unspecified atom stereocenters. The molecular weight excluding hydrogens is 154 g/mol. The Hall–Kier alpha value is -0.120. The van der Waals surface area contributed by atoms with Gasteiger partial charge in [0.15, 0.2) is 0 Å². The predicted octanol–water partition coefficient (Wildman–Crippen LogP) is 0.777. The molecule has 1 saturated heterocycles. The molecule has 0 spiro atoms. The fourth-order valence-corrected chi connectivity index (χ4v) is 1.28. The van der Waals surface area contributed by atoms with Gasteiger partial charge in [-0.15, -0.1) is 0 Å². The molecular formula is C9H19NO2. The zero-order valence-corrected chi connectivity index (χ0v) is 7.79. The first kappa shape index (κ1) is 9.96. The second-order valence-corrected chi connectivity index (χ2v) is 3.44. The van der Waals surface area contributed by atoms with Crippen LogP contribution in [0, 0.1) is 5.92 Å². The fourth-order valence-electron chi connectivity index (χ4n) is 1.28. The molecule has 1 rings (SSSR count). The van der Waals surface area contributed by atoms with E-state index in [1.54, 1.807) is 0 Å². The first-order chi connectivity index (χ1) is 5.83. The highest BCUT2D eigenvalue weighted by molar-refractivity contribution is 4.63. The van der Waals surface area contributed by atoms with Gasteiger partial charge in [0, 0.05) is 26.4 Å². The molecule has 1 aliphatic heterocycles. The number of hydrogen-bond donors (Lipinski definition) is 1. The number of hydrogen-bond acceptors (Lipinski definition) is 3. The molecule has 0 bridgehead atoms. The summed E-state index contributed by atoms with van der Waals surface area (Å²) in [6, 6.07) is 0. The summed E-state index contributed by atoms with van der Waals surface area (Å²) in [5, 5.41) is 0. The smallest absolute Gasteiger partial charge is 0.0669 e. The molecule has 3 heteroatoms. The highest BCUT2D eigenvalue weighted by atomic mass is 16.5. The molecule has 0 radical (unpaired) electrons. The Kier molecular flexibility index (Phi) is 4.58. The number of rotatable bonds is 4. The summed E-state index contributed by atoms with van der Waals surface area (Å²) in [5.41, 5.74) is 5.44. The zero-order chi connectivity index (χ0) is 8.81. The zero-order valence-electron chi connectivity index (χ0n) is 7.79. The van der Waals surface area contributed by atoms with E-state index >= 15 is 0 Å². The standard InChI is InChI=1S/C9H19NO2/c1-8(6-10)12-7-9-2-4-11-5-3-9/h8-9H,2-7,10H2,1H3. The van der Waals surface area contributed by atoms with Crippen molar-refractivity contribution in [1.82, 2.24) is 0 Å². The fraction of sp³-hybridized carbons (Fsp3) is 1.00. The lowest BCUT2D eigenvalue weighted by atomic mass is 10.0. The van der Waals surface area contributed by atoms with Crippen molar-refractivity contribution < 1.29 is 9.47 Å². The SMILES string of the molecule is CC(CN)OCC1CCOCC1. The van der Waals surface area contributed by atoms with Crippen LogP contribution in [0.5, 0.6) is 0 Å². The molecule has 3 nitrogen and oxygen atoms in total. The summed E-state index contributed by atoms with van der Waals surface area (Å²) in [7, 11) is 0. The predicted molar refractivity (Wildman–Crippen MR) is 48.0 cm³/mol. The molecule has 12 heavy (non-hydrogen) atoms. The van der Waals surface area contributed by atoms with Crippen molar-refractivity contribution in [3.05, 3.63) is 0 Å². The van der Waals surface area contributed by atoms with E-state index in [2.05, 4.69) is 0 Å². The molecule has 1 heterocycles. The van der Waals surface area contributed by atoms with E-state index in [0.29, 0.717) is 12.5 Å². The largest absolute Gasteiger partial charge is 0.381 e. The second kappa shape index (κ2) is 5.51. The van der Waals surface area contributed by atoms with Gasteiger partial charge in [0.25, 0.3) is 0 Å². The van der Waals surface area contributed by atoms with Gasteiger partial charge in [-0.2, -0.15) is 0 Å². The summed E-state index contributed by atoms with van der Waals surface area (Å²) in [4.78, 5) is 0. The summed E-state index contributed by atoms with van der Waals surface area (Å²) >= 11 is 0. The lowest BCUT2D eigenvalue weighted by Gasteiger charge is -2.23. The molecule has 0 aromatic rings. The van der Waals surface area contributed by atoms with Crippen molar-refractivity contribution >= 4 is 0 Å². The molecule has 1 fully saturated rings. The highest BCUT2D eigenvalue weighted by Crippen LogP contribution is 2.15. The van der Waals surface area contributed by atoms with Crippen molar-refractivity contribution in [3.63, 3.8) is 0 Å². The second-order valence-electron chi connectivity index (χ2n) is 3.44. The Morgan fingerprint density at radius 3 is 2.75 bits per heavy atom. The van der Waals surface area contributed by atoms with Gasteiger partial charge in [-0.25, -0.2) is 0 Å². The summed E-state index contributed by atoms with van der Waals surface area (Å²) < 4.78 is 10.8. The molecule has 1 atom stereocenters. The molecule has 0 aromatic heterocycles. The van der Waals surface area contributed by atoms with Gasteiger partial charge in [-0.1, -0.05) is 0 Å². The van der Waals surface area contributed by atoms with Crippen molar-refractivity contribution in [3.8, 4) is 0 Å². The van der Waals surface area contributed by atoms with Crippen LogP contribution < -0.4 is 5.73 Å². The van der Waals surface area contributed by atoms with Crippen LogP contribution in [-0.2, 0) is 9.47 Å². The van der Waals surface area contributed by atoms with Gasteiger partial charge in [0.1, 0.15) is 0 Å². The van der Waals surface area contributed by atoms with Crippen LogP contribution in [0.25, 0.3) is 0 Å². The van der Waals surface area contributed by atoms with Crippen LogP contribution in [0.3, 0.4) is 0 Å². The monoisotopic (exact) mass is 173 g/mol. The van der Waals surface area contributed by atoms with Crippen LogP contribution in [-0.4, -0.2) is 32.5 Å². The average Bonchev–Trinajstić information content (AvgIpc) is 2.16. The third-order valence-corrected chi connectivity index (χ3v) is 2.29. The van der Waals surface area contributed by atoms with Gasteiger partial charge in [0.05, 0.1) is 6.10 Å². The first-order valence-corrected chi connectivity index (χ1v) is 4.72. The molecule has 0 saturated carbocycles. The molecule has 0 aromatic carbocycles. The van der Waals surface area contributed by atoms with Crippen LogP contribution >= 0.6 is 0 Å². The Balaban J connectivity index is 2.05. The highest BCUT2D eigenvalue weighted by Gasteiger charge is 2.14. The lowest BCUT2D eigenvalue weighted by molar-refractivity contribution is -0.00197. The third kappa shape index (κ3) is 3.52. The van der Waals surface area contributed by atoms with Gasteiger partial charge in [0.2, 0.25) is 0 Å². The third-order valence-electron chi connectivity index (χ3n) is 2.29. The maximum atomic E-state index is 5.55. The van der Waals surface area contributed by atoms with Crippen molar-refractivity contribution in [2.45, 2.75) is 25.9 Å². The molecule has 72 valence electrons. The normalized spacial score (nSPS) is 22.5. The lowest BCUT2D eigenvalue weighted by Crippen LogP contribution is -2.26. The molecule has 0 amide bonds. The molecule has 2 N–H and O–H groups in total. The summed E-state index contributed by atoms with van der Waals surface area (Å²) in [6.07, 6.45) is 2.47. The first-order valence-electron chi connectivity index (χ1n) is 4.72. The van der Waals surface area contributed by atoms with E-state index in [-0.39, 0.29) is 6.10 Å². The van der Waals surface area contributed by atoms with Crippen LogP contribution in [0.15, 0.2) is 0 Å². The minimum absolute atomic E-state index is 0.202. The van der Waals surface area contributed by atoms with E-state index in [0.717, 1.165) is 32.7 Å². The van der Waals surface area contributed by atoms with Gasteiger partial charge < -0.3 is 15.2 Å². The van der Waals surface area contributed by atoms with Gasteiger partial charge in [-0.3, -0.25) is 0 Å². The Labute approximate surface area is 74.2 Å². The van der Waals surface area contributed by atoms with Crippen molar-refractivity contribution in [2.75, 3.05) is 26.4 Å². The van der Waals surface area contributed by atoms with E-state index in [1.807, 2.05) is 6.92 Å². The number of nitrogens with two attached hydrogens (primary N) is 1. The average molecular weight is 173 g/mol. The van der Waals surface area contributed by atoms with Crippen LogP contribution in [0.1, 0.15) is 19.8 Å². The topological polar surface area (TPSA) is 44.5 Å². The summed E-state index contributed by atoms with van der Waals surface area (Å²) in [6.45, 7) is 5.26.